The Morgan fingerprint density at radius 1 is 1.12 bits per heavy atom. The molecule has 0 unspecified atom stereocenters. The molecule has 10 heteroatoms. The molecule has 168 valence electrons. The molecule has 0 saturated carbocycles. The first-order chi connectivity index (χ1) is 16.0. The lowest BCUT2D eigenvalue weighted by molar-refractivity contribution is 0.0679. The predicted molar refractivity (Wildman–Crippen MR) is 122 cm³/mol. The summed E-state index contributed by atoms with van der Waals surface area (Å²) in [6.45, 7) is 0.0233. The number of hydrogen-bond donors (Lipinski definition) is 2. The molecule has 0 bridgehead atoms. The Balaban J connectivity index is 1.71. The molecular formula is C23H19FN4O4S. The number of carboxylic acid groups (broad SMARTS) is 1. The normalized spacial score (nSPS) is 10.7. The fourth-order valence-electron chi connectivity index (χ4n) is 3.19. The van der Waals surface area contributed by atoms with Gasteiger partial charge in [-0.3, -0.25) is 9.47 Å². The highest BCUT2D eigenvalue weighted by atomic mass is 32.1. The number of nitrogens with one attached hydrogen (secondary N) is 1. The molecule has 2 heterocycles. The number of benzene rings is 2. The molecule has 0 atom stereocenters. The highest BCUT2D eigenvalue weighted by Gasteiger charge is 2.25. The van der Waals surface area contributed by atoms with Crippen molar-refractivity contribution in [1.82, 2.24) is 14.9 Å². The van der Waals surface area contributed by atoms with Crippen LogP contribution in [0.4, 0.5) is 4.39 Å². The van der Waals surface area contributed by atoms with Gasteiger partial charge in [0.15, 0.2) is 10.7 Å². The van der Waals surface area contributed by atoms with Crippen LogP contribution in [0.1, 0.15) is 26.6 Å². The van der Waals surface area contributed by atoms with Crippen molar-refractivity contribution in [2.75, 3.05) is 12.5 Å². The van der Waals surface area contributed by atoms with Gasteiger partial charge in [0, 0.05) is 19.7 Å². The molecule has 0 amide bonds. The number of halogens is 1. The molecule has 8 nitrogen and oxygen atoms in total. The van der Waals surface area contributed by atoms with Gasteiger partial charge in [-0.25, -0.2) is 9.18 Å². The van der Waals surface area contributed by atoms with E-state index in [1.165, 1.54) is 41.4 Å². The summed E-state index contributed by atoms with van der Waals surface area (Å²) >= 11 is 1.20. The summed E-state index contributed by atoms with van der Waals surface area (Å²) in [6, 6.07) is 15.2. The van der Waals surface area contributed by atoms with Crippen LogP contribution >= 0.6 is 11.3 Å². The van der Waals surface area contributed by atoms with Crippen LogP contribution in [0.25, 0.3) is 10.6 Å². The van der Waals surface area contributed by atoms with E-state index in [1.54, 1.807) is 12.1 Å². The molecule has 0 aliphatic rings. The maximum absolute atomic E-state index is 13.3. The van der Waals surface area contributed by atoms with Gasteiger partial charge in [-0.05, 0) is 23.3 Å². The molecule has 2 N–H and O–H groups in total. The molecule has 2 aromatic carbocycles. The van der Waals surface area contributed by atoms with Crippen LogP contribution in [0.2, 0.25) is 0 Å². The van der Waals surface area contributed by atoms with E-state index in [1.807, 2.05) is 30.3 Å². The van der Waals surface area contributed by atoms with E-state index in [0.29, 0.717) is 16.4 Å². The zero-order chi connectivity index (χ0) is 23.4. The van der Waals surface area contributed by atoms with Gasteiger partial charge in [-0.1, -0.05) is 53.8 Å². The zero-order valence-corrected chi connectivity index (χ0v) is 18.3. The molecule has 4 rings (SSSR count). The maximum atomic E-state index is 13.3. The SMILES string of the molecule is CNn1cc(-c2nnc(Cc3ccc(F)cc3)s2)c(=O)c(OCc2ccccc2)c1C(=O)O. The Kier molecular flexibility index (Phi) is 6.45. The van der Waals surface area contributed by atoms with Crippen molar-refractivity contribution in [1.29, 1.82) is 0 Å². The minimum absolute atomic E-state index is 0.0233. The van der Waals surface area contributed by atoms with Gasteiger partial charge >= 0.3 is 5.97 Å². The van der Waals surface area contributed by atoms with Gasteiger partial charge < -0.3 is 15.3 Å². The van der Waals surface area contributed by atoms with Crippen molar-refractivity contribution in [3.05, 3.63) is 98.7 Å². The number of ether oxygens (including phenoxy) is 1. The van der Waals surface area contributed by atoms with Crippen LogP contribution in [-0.4, -0.2) is 33.0 Å². The average Bonchev–Trinajstić information content (AvgIpc) is 3.28. The maximum Gasteiger partial charge on any atom is 0.358 e. The standard InChI is InChI=1S/C23H19FN4O4S/c1-25-28-12-17(22-27-26-18(33-22)11-14-7-9-16(24)10-8-14)20(29)21(19(28)23(30)31)32-13-15-5-3-2-4-6-15/h2-10,12,25H,11,13H2,1H3,(H,30,31). The molecule has 4 aromatic rings. The zero-order valence-electron chi connectivity index (χ0n) is 17.5. The molecular weight excluding hydrogens is 447 g/mol. The van der Waals surface area contributed by atoms with Crippen LogP contribution < -0.4 is 15.6 Å². The lowest BCUT2D eigenvalue weighted by Gasteiger charge is -2.16. The lowest BCUT2D eigenvalue weighted by Crippen LogP contribution is -2.26. The number of carbonyl (C=O) groups is 1. The number of aromatic carboxylic acids is 1. The Morgan fingerprint density at radius 3 is 2.52 bits per heavy atom. The third-order valence-corrected chi connectivity index (χ3v) is 5.76. The second-order valence-corrected chi connectivity index (χ2v) is 8.09. The Morgan fingerprint density at radius 2 is 1.85 bits per heavy atom. The van der Waals surface area contributed by atoms with Gasteiger partial charge in [-0.15, -0.1) is 10.2 Å². The Bertz CT molecular complexity index is 1340. The van der Waals surface area contributed by atoms with Gasteiger partial charge in [-0.2, -0.15) is 0 Å². The molecule has 0 aliphatic carbocycles. The summed E-state index contributed by atoms with van der Waals surface area (Å²) < 4.78 is 20.1. The summed E-state index contributed by atoms with van der Waals surface area (Å²) in [5, 5.41) is 18.9. The van der Waals surface area contributed by atoms with E-state index in [-0.39, 0.29) is 29.4 Å². The third-order valence-electron chi connectivity index (χ3n) is 4.80. The molecule has 0 saturated heterocycles. The summed E-state index contributed by atoms with van der Waals surface area (Å²) in [5.41, 5.74) is 3.61. The molecule has 2 aromatic heterocycles. The molecule has 0 spiro atoms. The first-order valence-electron chi connectivity index (χ1n) is 9.91. The van der Waals surface area contributed by atoms with Gasteiger partial charge in [0.25, 0.3) is 0 Å². The molecule has 0 aliphatic heterocycles. The van der Waals surface area contributed by atoms with Crippen molar-refractivity contribution in [2.45, 2.75) is 13.0 Å². The van der Waals surface area contributed by atoms with Crippen molar-refractivity contribution in [3.63, 3.8) is 0 Å². The summed E-state index contributed by atoms with van der Waals surface area (Å²) in [6.07, 6.45) is 1.78. The van der Waals surface area contributed by atoms with E-state index in [0.717, 1.165) is 11.1 Å². The van der Waals surface area contributed by atoms with E-state index < -0.39 is 11.4 Å². The van der Waals surface area contributed by atoms with Crippen LogP contribution in [0.3, 0.4) is 0 Å². The second kappa shape index (κ2) is 9.61. The van der Waals surface area contributed by atoms with E-state index in [2.05, 4.69) is 15.6 Å². The molecule has 33 heavy (non-hydrogen) atoms. The Hall–Kier alpha value is -4.05. The highest BCUT2D eigenvalue weighted by molar-refractivity contribution is 7.14. The Labute approximate surface area is 191 Å². The minimum Gasteiger partial charge on any atom is -0.482 e. The highest BCUT2D eigenvalue weighted by Crippen LogP contribution is 2.26. The van der Waals surface area contributed by atoms with Crippen LogP contribution in [0.15, 0.2) is 65.6 Å². The monoisotopic (exact) mass is 466 g/mol. The fraction of sp³-hybridized carbons (Fsp3) is 0.130. The minimum atomic E-state index is -1.31. The summed E-state index contributed by atoms with van der Waals surface area (Å²) in [7, 11) is 1.53. The van der Waals surface area contributed by atoms with Crippen LogP contribution in [0.5, 0.6) is 5.75 Å². The van der Waals surface area contributed by atoms with Crippen LogP contribution in [0, 0.1) is 5.82 Å². The predicted octanol–water partition coefficient (Wildman–Crippen LogP) is 3.55. The summed E-state index contributed by atoms with van der Waals surface area (Å²) in [5.74, 6) is -1.94. The number of carboxylic acids is 1. The quantitative estimate of drug-likeness (QED) is 0.409. The van der Waals surface area contributed by atoms with Crippen molar-refractivity contribution >= 4 is 17.3 Å². The smallest absolute Gasteiger partial charge is 0.358 e. The van der Waals surface area contributed by atoms with E-state index in [9.17, 15) is 19.1 Å². The lowest BCUT2D eigenvalue weighted by atomic mass is 10.2. The number of pyridine rings is 1. The number of nitrogens with zero attached hydrogens (tertiary/aromatic N) is 3. The number of hydrogen-bond acceptors (Lipinski definition) is 7. The van der Waals surface area contributed by atoms with E-state index in [4.69, 9.17) is 4.74 Å². The van der Waals surface area contributed by atoms with Crippen molar-refractivity contribution < 1.29 is 19.0 Å². The topological polar surface area (TPSA) is 106 Å². The van der Waals surface area contributed by atoms with E-state index >= 15 is 0 Å². The van der Waals surface area contributed by atoms with Crippen LogP contribution in [-0.2, 0) is 13.0 Å². The number of aromatic nitrogens is 3. The molecule has 0 radical (unpaired) electrons. The van der Waals surface area contributed by atoms with Crippen molar-refractivity contribution in [3.8, 4) is 16.3 Å². The first kappa shape index (κ1) is 22.2. The van der Waals surface area contributed by atoms with Gasteiger partial charge in [0.05, 0.1) is 5.56 Å². The van der Waals surface area contributed by atoms with Gasteiger partial charge in [0.1, 0.15) is 17.4 Å². The molecule has 0 fully saturated rings. The number of rotatable bonds is 8. The second-order valence-electron chi connectivity index (χ2n) is 7.03. The third kappa shape index (κ3) is 4.90. The summed E-state index contributed by atoms with van der Waals surface area (Å²) in [4.78, 5) is 25.2. The van der Waals surface area contributed by atoms with Crippen molar-refractivity contribution in [2.24, 2.45) is 0 Å². The van der Waals surface area contributed by atoms with Gasteiger partial charge in [0.2, 0.25) is 11.2 Å². The average molecular weight is 466 g/mol. The first-order valence-corrected chi connectivity index (χ1v) is 10.7. The fourth-order valence-corrected chi connectivity index (χ4v) is 4.08. The largest absolute Gasteiger partial charge is 0.482 e.